The SMILES string of the molecule is CC(C)[C@H]1COC(CN(CC(=O)[O-])CC2=N[C@@H](C(C)C)CO2)=N1.[Na+]. The molecule has 0 spiro atoms. The van der Waals surface area contributed by atoms with Crippen LogP contribution in [0, 0.1) is 11.8 Å². The van der Waals surface area contributed by atoms with Crippen molar-refractivity contribution in [1.29, 1.82) is 0 Å². The molecule has 8 heteroatoms. The third-order valence-corrected chi connectivity index (χ3v) is 4.07. The summed E-state index contributed by atoms with van der Waals surface area (Å²) in [6, 6.07) is 0.278. The maximum atomic E-state index is 11.0. The molecule has 0 amide bonds. The van der Waals surface area contributed by atoms with E-state index in [0.717, 1.165) is 0 Å². The average Bonchev–Trinajstić information content (AvgIpc) is 3.07. The molecule has 2 aliphatic rings. The number of hydrogen-bond donors (Lipinski definition) is 0. The Bertz CT molecular complexity index is 458. The van der Waals surface area contributed by atoms with E-state index in [1.54, 1.807) is 4.90 Å². The summed E-state index contributed by atoms with van der Waals surface area (Å²) in [5.41, 5.74) is 0. The van der Waals surface area contributed by atoms with Gasteiger partial charge in [-0.15, -0.1) is 0 Å². The zero-order valence-electron chi connectivity index (χ0n) is 15.3. The fourth-order valence-electron chi connectivity index (χ4n) is 2.47. The molecule has 0 saturated carbocycles. The van der Waals surface area contributed by atoms with Gasteiger partial charge >= 0.3 is 29.6 Å². The molecule has 0 radical (unpaired) electrons. The minimum atomic E-state index is -1.14. The van der Waals surface area contributed by atoms with Crippen LogP contribution in [0.1, 0.15) is 27.7 Å². The second-order valence-electron chi connectivity index (χ2n) is 6.81. The number of rotatable bonds is 8. The van der Waals surface area contributed by atoms with Gasteiger partial charge in [0, 0.05) is 6.54 Å². The van der Waals surface area contributed by atoms with Crippen molar-refractivity contribution in [3.05, 3.63) is 0 Å². The second kappa shape index (κ2) is 9.75. The molecule has 7 nitrogen and oxygen atoms in total. The van der Waals surface area contributed by atoms with E-state index in [1.165, 1.54) is 0 Å². The number of hydrogen-bond acceptors (Lipinski definition) is 7. The van der Waals surface area contributed by atoms with E-state index in [0.29, 0.717) is 49.9 Å². The number of ether oxygens (including phenoxy) is 2. The van der Waals surface area contributed by atoms with Gasteiger partial charge in [0.25, 0.3) is 0 Å². The topological polar surface area (TPSA) is 86.5 Å². The summed E-state index contributed by atoms with van der Waals surface area (Å²) in [4.78, 5) is 21.7. The van der Waals surface area contributed by atoms with Crippen molar-refractivity contribution in [3.8, 4) is 0 Å². The summed E-state index contributed by atoms with van der Waals surface area (Å²) < 4.78 is 11.2. The van der Waals surface area contributed by atoms with Crippen LogP contribution in [0.4, 0.5) is 0 Å². The smallest absolute Gasteiger partial charge is 0.549 e. The van der Waals surface area contributed by atoms with Crippen molar-refractivity contribution in [2.45, 2.75) is 39.8 Å². The molecule has 24 heavy (non-hydrogen) atoms. The Morgan fingerprint density at radius 2 is 1.50 bits per heavy atom. The molecule has 0 aliphatic carbocycles. The first-order chi connectivity index (χ1) is 10.8. The van der Waals surface area contributed by atoms with Gasteiger partial charge in [0.15, 0.2) is 11.8 Å². The minimum Gasteiger partial charge on any atom is -0.549 e. The molecular weight excluding hydrogens is 321 g/mol. The molecule has 0 fully saturated rings. The predicted molar refractivity (Wildman–Crippen MR) is 85.5 cm³/mol. The molecule has 2 atom stereocenters. The Labute approximate surface area is 165 Å². The van der Waals surface area contributed by atoms with Gasteiger partial charge in [0.05, 0.1) is 31.1 Å². The molecule has 0 unspecified atom stereocenters. The van der Waals surface area contributed by atoms with Crippen LogP contribution >= 0.6 is 0 Å². The van der Waals surface area contributed by atoms with Crippen molar-refractivity contribution in [1.82, 2.24) is 4.90 Å². The number of aliphatic carboxylic acids is 1. The molecule has 0 aromatic rings. The molecule has 130 valence electrons. The summed E-state index contributed by atoms with van der Waals surface area (Å²) in [5, 5.41) is 11.0. The van der Waals surface area contributed by atoms with Crippen molar-refractivity contribution in [2.75, 3.05) is 32.8 Å². The Balaban J connectivity index is 0.00000288. The summed E-state index contributed by atoms with van der Waals surface area (Å²) in [7, 11) is 0. The van der Waals surface area contributed by atoms with Crippen LogP contribution in [-0.2, 0) is 14.3 Å². The third-order valence-electron chi connectivity index (χ3n) is 4.07. The Hall–Kier alpha value is -0.630. The Morgan fingerprint density at radius 3 is 1.79 bits per heavy atom. The molecular formula is C16H26N3NaO4. The number of carbonyl (C=O) groups excluding carboxylic acids is 1. The zero-order valence-corrected chi connectivity index (χ0v) is 17.3. The van der Waals surface area contributed by atoms with E-state index in [2.05, 4.69) is 37.7 Å². The van der Waals surface area contributed by atoms with Crippen molar-refractivity contribution >= 4 is 17.8 Å². The second-order valence-corrected chi connectivity index (χ2v) is 6.81. The van der Waals surface area contributed by atoms with Crippen LogP contribution in [0.25, 0.3) is 0 Å². The number of carboxylic acids is 1. The van der Waals surface area contributed by atoms with Gasteiger partial charge in [-0.2, -0.15) is 0 Å². The predicted octanol–water partition coefficient (Wildman–Crippen LogP) is -3.05. The number of carbonyl (C=O) groups is 1. The first-order valence-corrected chi connectivity index (χ1v) is 8.16. The van der Waals surface area contributed by atoms with Gasteiger partial charge in [-0.3, -0.25) is 4.90 Å². The van der Waals surface area contributed by atoms with Crippen LogP contribution in [0.5, 0.6) is 0 Å². The normalized spacial score (nSPS) is 23.0. The molecule has 0 N–H and O–H groups in total. The van der Waals surface area contributed by atoms with E-state index in [-0.39, 0.29) is 48.2 Å². The molecule has 2 rings (SSSR count). The average molecular weight is 347 g/mol. The van der Waals surface area contributed by atoms with E-state index in [9.17, 15) is 9.90 Å². The summed E-state index contributed by atoms with van der Waals surface area (Å²) in [6.45, 7) is 9.91. The van der Waals surface area contributed by atoms with Crippen LogP contribution in [-0.4, -0.2) is 67.6 Å². The van der Waals surface area contributed by atoms with Crippen molar-refractivity contribution in [3.63, 3.8) is 0 Å². The van der Waals surface area contributed by atoms with E-state index < -0.39 is 5.97 Å². The van der Waals surface area contributed by atoms with Gasteiger partial charge in [-0.25, -0.2) is 9.98 Å². The number of aliphatic imine (C=N–C) groups is 2. The van der Waals surface area contributed by atoms with Crippen LogP contribution in [0.3, 0.4) is 0 Å². The Morgan fingerprint density at radius 1 is 1.08 bits per heavy atom. The molecule has 0 bridgehead atoms. The van der Waals surface area contributed by atoms with Crippen LogP contribution in [0.15, 0.2) is 9.98 Å². The maximum Gasteiger partial charge on any atom is 1.00 e. The molecule has 0 saturated heterocycles. The van der Waals surface area contributed by atoms with Gasteiger partial charge < -0.3 is 19.4 Å². The minimum absolute atomic E-state index is 0. The quantitative estimate of drug-likeness (QED) is 0.436. The standard InChI is InChI=1S/C16H27N3O4.Na/c1-10(2)12-8-22-14(17-12)5-19(7-16(20)21)6-15-18-13(9-23-15)11(3)4;/h10-13H,5-9H2,1-4H3,(H,20,21);/q;+1/p-1/t12-,13-;/m1./s1. The van der Waals surface area contributed by atoms with Gasteiger partial charge in [-0.1, -0.05) is 27.7 Å². The van der Waals surface area contributed by atoms with Crippen molar-refractivity contribution < 1.29 is 48.9 Å². The first kappa shape index (κ1) is 21.4. The number of nitrogens with zero attached hydrogens (tertiary/aromatic N) is 3. The summed E-state index contributed by atoms with van der Waals surface area (Å²) in [5.74, 6) is 0.809. The van der Waals surface area contributed by atoms with E-state index in [4.69, 9.17) is 9.47 Å². The maximum absolute atomic E-state index is 11.0. The molecule has 0 aromatic carbocycles. The number of carboxylic acid groups (broad SMARTS) is 1. The van der Waals surface area contributed by atoms with Crippen LogP contribution < -0.4 is 34.7 Å². The third kappa shape index (κ3) is 6.35. The molecule has 0 aromatic heterocycles. The van der Waals surface area contributed by atoms with Gasteiger partial charge in [-0.05, 0) is 11.8 Å². The van der Waals surface area contributed by atoms with Crippen LogP contribution in [0.2, 0.25) is 0 Å². The fourth-order valence-corrected chi connectivity index (χ4v) is 2.47. The summed E-state index contributed by atoms with van der Waals surface area (Å²) in [6.07, 6.45) is 0. The van der Waals surface area contributed by atoms with E-state index >= 15 is 0 Å². The Kier molecular flexibility index (Phi) is 8.70. The first-order valence-electron chi connectivity index (χ1n) is 8.16. The molecule has 2 heterocycles. The van der Waals surface area contributed by atoms with E-state index in [1.807, 2.05) is 0 Å². The van der Waals surface area contributed by atoms with Gasteiger partial charge in [0.2, 0.25) is 0 Å². The fraction of sp³-hybridized carbons (Fsp3) is 0.812. The monoisotopic (exact) mass is 347 g/mol. The molecule has 2 aliphatic heterocycles. The van der Waals surface area contributed by atoms with Crippen molar-refractivity contribution in [2.24, 2.45) is 21.8 Å². The zero-order chi connectivity index (χ0) is 17.0. The largest absolute Gasteiger partial charge is 1.00 e. The van der Waals surface area contributed by atoms with Gasteiger partial charge in [0.1, 0.15) is 13.2 Å². The summed E-state index contributed by atoms with van der Waals surface area (Å²) >= 11 is 0.